The molecule has 31 heavy (non-hydrogen) atoms. The Morgan fingerprint density at radius 1 is 1.16 bits per heavy atom. The van der Waals surface area contributed by atoms with Crippen LogP contribution in [0.2, 0.25) is 0 Å². The van der Waals surface area contributed by atoms with Crippen molar-refractivity contribution in [2.75, 3.05) is 26.3 Å². The van der Waals surface area contributed by atoms with Crippen LogP contribution in [0.15, 0.2) is 30.7 Å². The number of carbonyl (C=O) groups excluding carboxylic acids is 2. The number of rotatable bonds is 6. The molecule has 0 aliphatic carbocycles. The Hall–Kier alpha value is -2.78. The van der Waals surface area contributed by atoms with Crippen LogP contribution in [0.1, 0.15) is 35.0 Å². The Bertz CT molecular complexity index is 900. The largest absolute Gasteiger partial charge is 0.371 e. The van der Waals surface area contributed by atoms with Gasteiger partial charge in [0, 0.05) is 37.7 Å². The van der Waals surface area contributed by atoms with Crippen molar-refractivity contribution in [3.63, 3.8) is 0 Å². The van der Waals surface area contributed by atoms with Gasteiger partial charge in [-0.15, -0.1) is 0 Å². The van der Waals surface area contributed by atoms with Gasteiger partial charge < -0.3 is 19.7 Å². The summed E-state index contributed by atoms with van der Waals surface area (Å²) in [5.41, 5.74) is 2.37. The molecule has 0 bridgehead atoms. The maximum atomic E-state index is 12.7. The summed E-state index contributed by atoms with van der Waals surface area (Å²) in [5.74, 6) is -0.117. The number of fused-ring (bicyclic) bond motifs is 1. The van der Waals surface area contributed by atoms with E-state index in [-0.39, 0.29) is 30.1 Å². The zero-order chi connectivity index (χ0) is 21.8. The lowest BCUT2D eigenvalue weighted by Crippen LogP contribution is -2.41. The number of hydrogen-bond donors (Lipinski definition) is 1. The first-order valence-electron chi connectivity index (χ1n) is 10.8. The highest BCUT2D eigenvalue weighted by atomic mass is 16.6. The van der Waals surface area contributed by atoms with Crippen LogP contribution in [-0.2, 0) is 27.2 Å². The molecule has 2 aromatic rings. The van der Waals surface area contributed by atoms with E-state index in [2.05, 4.69) is 22.3 Å². The number of nitrogens with zero attached hydrogens (tertiary/aromatic N) is 4. The molecule has 4 rings (SSSR count). The van der Waals surface area contributed by atoms with E-state index in [4.69, 9.17) is 9.47 Å². The Kier molecular flexibility index (Phi) is 6.62. The molecule has 2 amide bonds. The number of aromatic nitrogens is 3. The summed E-state index contributed by atoms with van der Waals surface area (Å²) < 4.78 is 13.9. The van der Waals surface area contributed by atoms with E-state index in [0.717, 1.165) is 24.2 Å². The molecular formula is C22H29N5O4. The Labute approximate surface area is 181 Å². The molecule has 0 unspecified atom stereocenters. The van der Waals surface area contributed by atoms with E-state index in [1.807, 2.05) is 23.7 Å². The number of nitrogens with one attached hydrogen (secondary N) is 1. The molecule has 166 valence electrons. The molecule has 0 saturated carbocycles. The van der Waals surface area contributed by atoms with E-state index in [1.165, 1.54) is 0 Å². The van der Waals surface area contributed by atoms with Crippen LogP contribution < -0.4 is 5.32 Å². The number of ether oxygens (including phenoxy) is 2. The topological polar surface area (TPSA) is 98.6 Å². The van der Waals surface area contributed by atoms with Gasteiger partial charge in [-0.1, -0.05) is 6.92 Å². The summed E-state index contributed by atoms with van der Waals surface area (Å²) >= 11 is 0. The fraction of sp³-hybridized carbons (Fsp3) is 0.545. The quantitative estimate of drug-likeness (QED) is 0.738. The van der Waals surface area contributed by atoms with Crippen molar-refractivity contribution in [2.24, 2.45) is 0 Å². The molecule has 2 saturated heterocycles. The summed E-state index contributed by atoms with van der Waals surface area (Å²) in [7, 11) is 0. The van der Waals surface area contributed by atoms with Gasteiger partial charge in [0.25, 0.3) is 5.91 Å². The van der Waals surface area contributed by atoms with Gasteiger partial charge in [-0.05, 0) is 31.0 Å². The third-order valence-corrected chi connectivity index (χ3v) is 5.81. The van der Waals surface area contributed by atoms with Crippen LogP contribution in [-0.4, -0.2) is 76.0 Å². The summed E-state index contributed by atoms with van der Waals surface area (Å²) in [6.45, 7) is 6.46. The molecule has 0 radical (unpaired) electrons. The molecule has 2 aliphatic rings. The number of hydrogen-bond acceptors (Lipinski definition) is 6. The molecule has 9 heteroatoms. The number of pyridine rings is 1. The number of aryl methyl sites for hydroxylation is 1. The average Bonchev–Trinajstić information content (AvgIpc) is 3.29. The summed E-state index contributed by atoms with van der Waals surface area (Å²) in [6.07, 6.45) is 5.92. The summed E-state index contributed by atoms with van der Waals surface area (Å²) in [6, 6.07) is 3.45. The van der Waals surface area contributed by atoms with Crippen molar-refractivity contribution in [2.45, 2.75) is 51.5 Å². The zero-order valence-electron chi connectivity index (χ0n) is 18.0. The van der Waals surface area contributed by atoms with Crippen molar-refractivity contribution >= 4 is 11.8 Å². The van der Waals surface area contributed by atoms with Crippen LogP contribution >= 0.6 is 0 Å². The minimum Gasteiger partial charge on any atom is -0.371 e. The van der Waals surface area contributed by atoms with E-state index >= 15 is 0 Å². The van der Waals surface area contributed by atoms with Crippen molar-refractivity contribution in [3.05, 3.63) is 47.5 Å². The summed E-state index contributed by atoms with van der Waals surface area (Å²) in [4.78, 5) is 31.1. The Morgan fingerprint density at radius 2 is 1.84 bits per heavy atom. The lowest BCUT2D eigenvalue weighted by Gasteiger charge is -2.19. The molecule has 0 aromatic carbocycles. The monoisotopic (exact) mass is 427 g/mol. The average molecular weight is 428 g/mol. The van der Waals surface area contributed by atoms with Gasteiger partial charge in [0.05, 0.1) is 37.4 Å². The minimum absolute atomic E-state index is 0.0518. The molecule has 2 fully saturated rings. The fourth-order valence-electron chi connectivity index (χ4n) is 4.04. The van der Waals surface area contributed by atoms with Gasteiger partial charge in [-0.3, -0.25) is 19.3 Å². The highest BCUT2D eigenvalue weighted by molar-refractivity contribution is 5.95. The van der Waals surface area contributed by atoms with Crippen molar-refractivity contribution in [1.29, 1.82) is 0 Å². The maximum absolute atomic E-state index is 12.7. The fourth-order valence-corrected chi connectivity index (χ4v) is 4.04. The third-order valence-electron chi connectivity index (χ3n) is 5.81. The lowest BCUT2D eigenvalue weighted by atomic mass is 10.2. The van der Waals surface area contributed by atoms with E-state index in [1.54, 1.807) is 23.5 Å². The third kappa shape index (κ3) is 4.94. The predicted molar refractivity (Wildman–Crippen MR) is 113 cm³/mol. The standard InChI is InChI=1S/C22H29N5O4/c1-3-8-27-15(2)18(10-24-27)22(29)25-17-13-30-19-11-26(12-20(19)31-14-17)21(28)9-16-4-6-23-7-5-16/h4-7,10,17,19-20H,3,8-9,11-14H2,1-2H3,(H,25,29)/t19-,20-/m0/s1. The molecule has 2 atom stereocenters. The van der Waals surface area contributed by atoms with Crippen LogP contribution in [0.5, 0.6) is 0 Å². The SMILES string of the molecule is CCCn1ncc(C(=O)NC2CO[C@H]3CN(C(=O)Cc4ccncc4)C[C@@H]3OC2)c1C. The van der Waals surface area contributed by atoms with Crippen LogP contribution in [0.3, 0.4) is 0 Å². The molecule has 2 aromatic heterocycles. The molecular weight excluding hydrogens is 398 g/mol. The van der Waals surface area contributed by atoms with E-state index < -0.39 is 0 Å². The number of carbonyl (C=O) groups is 2. The molecule has 1 N–H and O–H groups in total. The first kappa shape index (κ1) is 21.5. The van der Waals surface area contributed by atoms with Gasteiger partial charge >= 0.3 is 0 Å². The minimum atomic E-state index is -0.243. The number of likely N-dealkylation sites (tertiary alicyclic amines) is 1. The number of amides is 2. The van der Waals surface area contributed by atoms with Crippen LogP contribution in [0.4, 0.5) is 0 Å². The van der Waals surface area contributed by atoms with Gasteiger partial charge in [0.15, 0.2) is 0 Å². The lowest BCUT2D eigenvalue weighted by molar-refractivity contribution is -0.130. The second kappa shape index (κ2) is 9.57. The Balaban J connectivity index is 1.29. The van der Waals surface area contributed by atoms with Crippen molar-refractivity contribution < 1.29 is 19.1 Å². The van der Waals surface area contributed by atoms with Gasteiger partial charge in [-0.2, -0.15) is 5.10 Å². The highest BCUT2D eigenvalue weighted by Gasteiger charge is 2.39. The van der Waals surface area contributed by atoms with Crippen molar-refractivity contribution in [3.8, 4) is 0 Å². The normalized spacial score (nSPS) is 21.5. The van der Waals surface area contributed by atoms with E-state index in [0.29, 0.717) is 38.3 Å². The first-order valence-corrected chi connectivity index (χ1v) is 10.8. The van der Waals surface area contributed by atoms with Crippen LogP contribution in [0.25, 0.3) is 0 Å². The predicted octanol–water partition coefficient (Wildman–Crippen LogP) is 0.964. The Morgan fingerprint density at radius 3 is 2.48 bits per heavy atom. The van der Waals surface area contributed by atoms with E-state index in [9.17, 15) is 9.59 Å². The van der Waals surface area contributed by atoms with Gasteiger partial charge in [-0.25, -0.2) is 0 Å². The zero-order valence-corrected chi connectivity index (χ0v) is 18.0. The van der Waals surface area contributed by atoms with Gasteiger partial charge in [0.1, 0.15) is 12.2 Å². The molecule has 2 aliphatic heterocycles. The first-order chi connectivity index (χ1) is 15.0. The smallest absolute Gasteiger partial charge is 0.255 e. The van der Waals surface area contributed by atoms with Gasteiger partial charge in [0.2, 0.25) is 5.91 Å². The summed E-state index contributed by atoms with van der Waals surface area (Å²) in [5, 5.41) is 7.29. The van der Waals surface area contributed by atoms with Crippen LogP contribution in [0, 0.1) is 6.92 Å². The second-order valence-electron chi connectivity index (χ2n) is 8.11. The molecule has 0 spiro atoms. The molecule has 4 heterocycles. The second-order valence-corrected chi connectivity index (χ2v) is 8.11. The molecule has 9 nitrogen and oxygen atoms in total. The van der Waals surface area contributed by atoms with Crippen molar-refractivity contribution in [1.82, 2.24) is 25.0 Å². The highest BCUT2D eigenvalue weighted by Crippen LogP contribution is 2.21. The maximum Gasteiger partial charge on any atom is 0.255 e.